The number of aromatic nitrogens is 26. The number of fused-ring (bicyclic) bond motifs is 8. The molecule has 0 fully saturated rings. The second-order valence-electron chi connectivity index (χ2n) is 30.1. The van der Waals surface area contributed by atoms with E-state index in [4.69, 9.17) is 145 Å². The van der Waals surface area contributed by atoms with Crippen LogP contribution in [-0.4, -0.2) is 146 Å². The van der Waals surface area contributed by atoms with Crippen molar-refractivity contribution in [2.75, 3.05) is 56.3 Å². The van der Waals surface area contributed by atoms with E-state index in [9.17, 15) is 19.1 Å². The maximum atomic E-state index is 13.1. The van der Waals surface area contributed by atoms with Crippen LogP contribution in [0.2, 0.25) is 50.2 Å². The molecule has 700 valence electrons. The molecule has 5 aliphatic heterocycles. The van der Waals surface area contributed by atoms with Crippen LogP contribution in [0, 0.1) is 0 Å². The lowest BCUT2D eigenvalue weighted by Gasteiger charge is -2.30. The maximum Gasteiger partial charge on any atom is 0.335 e. The van der Waals surface area contributed by atoms with Gasteiger partial charge < -0.3 is 68.3 Å². The van der Waals surface area contributed by atoms with Crippen LogP contribution in [0.5, 0.6) is 0 Å². The van der Waals surface area contributed by atoms with Crippen molar-refractivity contribution in [3.8, 4) is 0 Å². The normalized spacial score (nSPS) is 16.2. The van der Waals surface area contributed by atoms with Gasteiger partial charge in [0.1, 0.15) is 76.8 Å². The highest BCUT2D eigenvalue weighted by Gasteiger charge is 2.40. The molecule has 5 aliphatic rings. The van der Waals surface area contributed by atoms with Crippen molar-refractivity contribution in [2.45, 2.75) is 64.8 Å². The van der Waals surface area contributed by atoms with Crippen molar-refractivity contribution in [1.29, 1.82) is 0 Å². The number of benzene rings is 5. The number of nitrogens with one attached hydrogen (secondary N) is 7. The van der Waals surface area contributed by atoms with E-state index in [1.165, 1.54) is 0 Å². The molecular weight excluding hydrogens is 2070 g/mol. The Hall–Kier alpha value is -12.8. The number of allylic oxidation sites excluding steroid dienone is 8. The summed E-state index contributed by atoms with van der Waals surface area (Å²) in [7, 11) is 2.88. The van der Waals surface area contributed by atoms with E-state index in [0.29, 0.717) is 113 Å². The van der Waals surface area contributed by atoms with Crippen molar-refractivity contribution in [3.05, 3.63) is 287 Å². The molecule has 18 heterocycles. The van der Waals surface area contributed by atoms with Crippen LogP contribution in [0.25, 0.3) is 50.6 Å². The number of carboxylic acids is 1. The summed E-state index contributed by atoms with van der Waals surface area (Å²) in [5, 5.41) is 55.5. The lowest BCUT2D eigenvalue weighted by Crippen LogP contribution is -2.31. The van der Waals surface area contributed by atoms with Gasteiger partial charge in [0.2, 0.25) is 16.9 Å². The number of carbonyl (C=O) groups is 2. The number of rotatable bonds is 11. The average molecular weight is 2140 g/mol. The number of H-pyrrole nitrogens is 1. The first-order valence-electron chi connectivity index (χ1n) is 40.7. The van der Waals surface area contributed by atoms with Crippen molar-refractivity contribution in [1.82, 2.24) is 122 Å². The molecule has 54 heteroatoms. The second-order valence-corrected chi connectivity index (χ2v) is 36.8. The average Bonchev–Trinajstić information content (AvgIpc) is 1.61. The molecule has 5 aromatic carbocycles. The summed E-state index contributed by atoms with van der Waals surface area (Å²) in [5.74, 6) is 6.14. The zero-order valence-corrected chi connectivity index (χ0v) is 83.0. The number of anilines is 9. The molecule has 5 unspecified atom stereocenters. The molecule has 137 heavy (non-hydrogen) atoms. The number of hydrogen-bond donors (Lipinski definition) is 11. The Morgan fingerprint density at radius 2 is 0.693 bits per heavy atom. The number of halogens is 11. The number of nitrogen functional groups attached to an aromatic ring is 3. The molecule has 0 bridgehead atoms. The largest absolute Gasteiger partial charge is 0.478 e. The number of alkyl halides is 1. The van der Waals surface area contributed by atoms with Crippen LogP contribution in [0.1, 0.15) is 111 Å². The SMILES string of the molecule is CC1=C(C(=O)Nc2nsnc2N)C(c2ccc(Cl)c(Cl)c2)n2nccc2N1.CC1=C(C(=O)O)C(c2ccc(Cl)c(Cl)c2)n2nccc2N1.CC1=C(c2nc3nsnc3[nH]2)C(c2ccc(Cl)c(Cl)c2)n2nccc2N1.CC1=C(c2nc3nsnc3n2C)C(c2ccc(Cl)c(Cl)c2)n2nccc2N1.CC1=C(c2nc3nsnc3n2C)C(c2ccc(Cl)c(Cl)c2)n2nccc2N1.Nc1nsnc1N.[2H]CF. The van der Waals surface area contributed by atoms with Gasteiger partial charge in [-0.3, -0.25) is 9.18 Å². The monoisotopic (exact) mass is 2130 g/mol. The lowest BCUT2D eigenvalue weighted by molar-refractivity contribution is -0.133. The van der Waals surface area contributed by atoms with E-state index in [-0.39, 0.29) is 41.2 Å². The topological polar surface area (TPSA) is 487 Å². The highest BCUT2D eigenvalue weighted by atomic mass is 35.5. The van der Waals surface area contributed by atoms with E-state index in [2.05, 4.69) is 111 Å². The summed E-state index contributed by atoms with van der Waals surface area (Å²) in [6, 6.07) is 34.9. The predicted molar refractivity (Wildman–Crippen MR) is 540 cm³/mol. The third-order valence-electron chi connectivity index (χ3n) is 21.9. The molecule has 38 nitrogen and oxygen atoms in total. The number of aliphatic carboxylic acids is 1. The summed E-state index contributed by atoms with van der Waals surface area (Å²) in [6.45, 7) is 9.61. The molecule has 5 atom stereocenters. The minimum absolute atomic E-state index is 0.168. The third-order valence-corrected chi connectivity index (χ3v) is 28.2. The summed E-state index contributed by atoms with van der Waals surface area (Å²) >= 11 is 66.9. The number of carboxylic acid groups (broad SMARTS) is 1. The number of aromatic amines is 1. The highest BCUT2D eigenvalue weighted by Crippen LogP contribution is 2.48. The Morgan fingerprint density at radius 3 is 1.03 bits per heavy atom. The van der Waals surface area contributed by atoms with Gasteiger partial charge in [0.05, 0.1) is 160 Å². The zero-order chi connectivity index (χ0) is 97.5. The van der Waals surface area contributed by atoms with Gasteiger partial charge in [-0.15, -0.1) is 0 Å². The number of amides is 1. The smallest absolute Gasteiger partial charge is 0.335 e. The van der Waals surface area contributed by atoms with Crippen LogP contribution < -0.4 is 49.1 Å². The number of nitrogens with zero attached hydrogens (tertiary/aromatic N) is 25. The van der Waals surface area contributed by atoms with E-state index in [0.717, 1.165) is 167 Å². The van der Waals surface area contributed by atoms with Crippen molar-refractivity contribution >= 4 is 289 Å². The molecule has 0 aliphatic carbocycles. The fraction of sp³-hybridized carbons (Fsp3) is 0.157. The Kier molecular flexibility index (Phi) is 28.0. The molecule has 0 spiro atoms. The lowest BCUT2D eigenvalue weighted by atomic mass is 9.95. The first-order valence-corrected chi connectivity index (χ1v) is 47.4. The number of imidazole rings is 3. The molecule has 1 amide bonds. The summed E-state index contributed by atoms with van der Waals surface area (Å²) in [4.78, 5) is 42.0. The van der Waals surface area contributed by atoms with Crippen LogP contribution in [0.3, 0.4) is 0 Å². The van der Waals surface area contributed by atoms with Crippen molar-refractivity contribution in [3.63, 3.8) is 0 Å². The van der Waals surface area contributed by atoms with E-state index >= 15 is 0 Å². The van der Waals surface area contributed by atoms with Gasteiger partial charge >= 0.3 is 5.97 Å². The minimum atomic E-state index is -1.00. The standard InChI is InChI=1S/2C17H13Cl2N7S.C16H13Cl2N7OS.C16H11Cl2N7S.C14H11Cl2N3O2.C2H4N4S.CH3F/c2*1-8-13(16-22-15-17(25(16)2)24-27-23-15)14(26-12(21-8)5-6-20-26)9-3-4-10(18)11(19)7-9;1-7-12(16(26)22-15-14(19)23-27-24-15)13(25-11(21-7)4-5-20-25)8-2-3-9(17)10(18)6-8;1-7-12(14-21-15-16(22-14)24-26-23-15)13(25-11(20-7)4-5-19-25)8-2-3-9(17)10(18)6-8;1-7-12(14(20)21)13(19-11(18-7)4-5-17-19)8-2-3-9(15)10(16)6-8;3-1-2(4)6-7-5-1;1-2/h2*3-7,14,21H,1-2H3;2-6,13,21H,1H3,(H2,19,23)(H,22,24,26);2-6,13,20H,1H3,(H,21,22,23,24);2-6,13,18H,1H3,(H,20,21);(H2,3,5)(H2,4,6);1H3/i;;;;;;1D. The van der Waals surface area contributed by atoms with Gasteiger partial charge in [-0.25, -0.2) is 43.2 Å². The molecular formula is C83H68Cl10FN35O3S5. The first kappa shape index (κ1) is 94.6. The van der Waals surface area contributed by atoms with Gasteiger partial charge in [0.25, 0.3) is 5.91 Å². The summed E-state index contributed by atoms with van der Waals surface area (Å²) < 4.78 is 69.2. The van der Waals surface area contributed by atoms with Crippen molar-refractivity contribution < 1.29 is 20.5 Å². The molecule has 0 radical (unpaired) electrons. The predicted octanol–water partition coefficient (Wildman–Crippen LogP) is 20.5. The van der Waals surface area contributed by atoms with Crippen molar-refractivity contribution in [2.24, 2.45) is 14.1 Å². The van der Waals surface area contributed by atoms with E-state index in [1.807, 2.05) is 132 Å². The van der Waals surface area contributed by atoms with Gasteiger partial charge in [-0.1, -0.05) is 146 Å². The zero-order valence-electron chi connectivity index (χ0n) is 72.4. The Labute approximate surface area is 847 Å². The fourth-order valence-electron chi connectivity index (χ4n) is 15.8. The molecule has 13 aromatic heterocycles. The van der Waals surface area contributed by atoms with E-state index in [1.54, 1.807) is 102 Å². The Balaban J connectivity index is 0.000000116. The number of carbonyl (C=O) groups excluding carboxylic acids is 1. The molecule has 23 rings (SSSR count). The fourth-order valence-corrected chi connectivity index (χ4v) is 19.6. The molecule has 18 aromatic rings. The number of nitrogens with two attached hydrogens (primary N) is 3. The molecule has 14 N–H and O–H groups in total. The van der Waals surface area contributed by atoms with Crippen LogP contribution in [0.4, 0.5) is 56.8 Å². The van der Waals surface area contributed by atoms with E-state index < -0.39 is 25.2 Å². The summed E-state index contributed by atoms with van der Waals surface area (Å²) in [5.41, 5.74) is 32.3. The maximum absolute atomic E-state index is 13.1. The van der Waals surface area contributed by atoms with Gasteiger partial charge in [0.15, 0.2) is 40.2 Å². The third kappa shape index (κ3) is 19.1. The minimum Gasteiger partial charge on any atom is -0.478 e. The number of hydrogen-bond acceptors (Lipinski definition) is 33. The van der Waals surface area contributed by atoms with Crippen LogP contribution >= 0.6 is 175 Å². The molecule has 0 saturated heterocycles. The second kappa shape index (κ2) is 40.5. The highest BCUT2D eigenvalue weighted by molar-refractivity contribution is 7.00. The van der Waals surface area contributed by atoms with Crippen LogP contribution in [-0.2, 0) is 23.7 Å². The van der Waals surface area contributed by atoms with Crippen LogP contribution in [0.15, 0.2) is 192 Å². The molecule has 0 saturated carbocycles. The van der Waals surface area contributed by atoms with Gasteiger partial charge in [-0.2, -0.15) is 69.2 Å². The van der Waals surface area contributed by atoms with Gasteiger partial charge in [0, 0.05) is 89.6 Å². The quantitative estimate of drug-likeness (QED) is 0.0573. The Morgan fingerprint density at radius 1 is 0.387 bits per heavy atom. The Bertz CT molecular complexity index is 7650. The summed E-state index contributed by atoms with van der Waals surface area (Å²) in [6.07, 6.45) is 8.56. The van der Waals surface area contributed by atoms with Gasteiger partial charge in [-0.05, 0) is 123 Å². The number of aryl methyl sites for hydroxylation is 2. The first-order chi connectivity index (χ1) is 66.4.